The second-order valence-corrected chi connectivity index (χ2v) is 6.19. The van der Waals surface area contributed by atoms with Gasteiger partial charge in [-0.15, -0.1) is 0 Å². The fourth-order valence-corrected chi connectivity index (χ4v) is 3.10. The predicted octanol–water partition coefficient (Wildman–Crippen LogP) is 2.01. The van der Waals surface area contributed by atoms with Crippen molar-refractivity contribution in [2.45, 2.75) is 38.3 Å². The molecule has 2 atom stereocenters. The molecule has 1 aliphatic heterocycles. The third kappa shape index (κ3) is 2.41. The lowest BCUT2D eigenvalue weighted by atomic mass is 9.90. The van der Waals surface area contributed by atoms with E-state index in [1.54, 1.807) is 24.0 Å². The Balaban J connectivity index is 1.89. The Morgan fingerprint density at radius 1 is 1.38 bits per heavy atom. The highest BCUT2D eigenvalue weighted by Crippen LogP contribution is 2.42. The van der Waals surface area contributed by atoms with Crippen LogP contribution < -0.4 is 5.32 Å². The normalized spacial score (nSPS) is 27.5. The van der Waals surface area contributed by atoms with Gasteiger partial charge in [0.2, 0.25) is 11.8 Å². The second kappa shape index (κ2) is 4.83. The number of hydrogen-bond donors (Lipinski definition) is 1. The maximum Gasteiger partial charge on any atom is 0.249 e. The van der Waals surface area contributed by atoms with Crippen molar-refractivity contribution < 1.29 is 14.0 Å². The molecule has 1 aromatic carbocycles. The van der Waals surface area contributed by atoms with Gasteiger partial charge in [0.25, 0.3) is 0 Å². The topological polar surface area (TPSA) is 49.4 Å². The first-order chi connectivity index (χ1) is 9.91. The van der Waals surface area contributed by atoms with Crippen LogP contribution in [0.4, 0.5) is 4.39 Å². The molecule has 1 N–H and O–H groups in total. The summed E-state index contributed by atoms with van der Waals surface area (Å²) in [7, 11) is 0. The predicted molar refractivity (Wildman–Crippen MR) is 75.8 cm³/mol. The van der Waals surface area contributed by atoms with Crippen molar-refractivity contribution in [1.29, 1.82) is 0 Å². The molecule has 5 heteroatoms. The van der Waals surface area contributed by atoms with Gasteiger partial charge in [0.15, 0.2) is 0 Å². The first kappa shape index (κ1) is 14.0. The molecular weight excluding hydrogens is 271 g/mol. The van der Waals surface area contributed by atoms with Crippen molar-refractivity contribution in [3.8, 4) is 0 Å². The summed E-state index contributed by atoms with van der Waals surface area (Å²) in [5.41, 5.74) is -0.104. The number of nitrogens with zero attached hydrogens (tertiary/aromatic N) is 1. The molecule has 1 heterocycles. The zero-order valence-corrected chi connectivity index (χ0v) is 12.2. The van der Waals surface area contributed by atoms with Crippen LogP contribution in [-0.4, -0.2) is 28.8 Å². The number of halogens is 1. The lowest BCUT2D eigenvalue weighted by molar-refractivity contribution is -0.152. The van der Waals surface area contributed by atoms with E-state index in [0.29, 0.717) is 5.56 Å². The number of nitrogens with one attached hydrogen (secondary N) is 1. The quantitative estimate of drug-likeness (QED) is 0.926. The van der Waals surface area contributed by atoms with Crippen LogP contribution in [0.2, 0.25) is 0 Å². The maximum absolute atomic E-state index is 13.4. The van der Waals surface area contributed by atoms with Crippen LogP contribution in [-0.2, 0) is 9.59 Å². The number of hydrogen-bond acceptors (Lipinski definition) is 2. The van der Waals surface area contributed by atoms with Crippen LogP contribution in [0.3, 0.4) is 0 Å². The molecule has 0 radical (unpaired) electrons. The monoisotopic (exact) mass is 290 g/mol. The summed E-state index contributed by atoms with van der Waals surface area (Å²) in [5.74, 6) is -0.330. The molecule has 3 rings (SSSR count). The molecule has 4 nitrogen and oxygen atoms in total. The van der Waals surface area contributed by atoms with Crippen molar-refractivity contribution in [2.75, 3.05) is 6.54 Å². The average Bonchev–Trinajstić information content (AvgIpc) is 3.27. The number of piperazine rings is 1. The molecule has 2 unspecified atom stereocenters. The lowest BCUT2D eigenvalue weighted by Crippen LogP contribution is -2.66. The van der Waals surface area contributed by atoms with Crippen LogP contribution in [0.15, 0.2) is 24.3 Å². The van der Waals surface area contributed by atoms with Crippen LogP contribution in [0, 0.1) is 11.7 Å². The second-order valence-electron chi connectivity index (χ2n) is 6.19. The van der Waals surface area contributed by atoms with Gasteiger partial charge in [0.1, 0.15) is 17.9 Å². The molecule has 112 valence electrons. The van der Waals surface area contributed by atoms with Gasteiger partial charge in [-0.1, -0.05) is 12.1 Å². The minimum atomic E-state index is -0.809. The molecule has 0 spiro atoms. The van der Waals surface area contributed by atoms with E-state index in [-0.39, 0.29) is 36.1 Å². The Bertz CT molecular complexity index is 600. The van der Waals surface area contributed by atoms with E-state index < -0.39 is 5.54 Å². The first-order valence-electron chi connectivity index (χ1n) is 7.29. The maximum atomic E-state index is 13.4. The van der Waals surface area contributed by atoms with Crippen molar-refractivity contribution in [3.05, 3.63) is 35.6 Å². The van der Waals surface area contributed by atoms with Gasteiger partial charge in [-0.25, -0.2) is 4.39 Å². The van der Waals surface area contributed by atoms with Gasteiger partial charge < -0.3 is 10.2 Å². The summed E-state index contributed by atoms with van der Waals surface area (Å²) in [4.78, 5) is 26.3. The summed E-state index contributed by atoms with van der Waals surface area (Å²) >= 11 is 0. The van der Waals surface area contributed by atoms with E-state index in [9.17, 15) is 14.0 Å². The van der Waals surface area contributed by atoms with E-state index in [0.717, 1.165) is 12.8 Å². The molecule has 21 heavy (non-hydrogen) atoms. The molecule has 0 aromatic heterocycles. The molecular formula is C16H19FN2O2. The third-order valence-corrected chi connectivity index (χ3v) is 4.61. The highest BCUT2D eigenvalue weighted by atomic mass is 19.1. The van der Waals surface area contributed by atoms with Gasteiger partial charge >= 0.3 is 0 Å². The zero-order valence-electron chi connectivity index (χ0n) is 12.2. The van der Waals surface area contributed by atoms with Crippen LogP contribution in [0.1, 0.15) is 38.3 Å². The van der Waals surface area contributed by atoms with Gasteiger partial charge in [0.05, 0.1) is 6.04 Å². The van der Waals surface area contributed by atoms with Gasteiger partial charge in [-0.2, -0.15) is 0 Å². The lowest BCUT2D eigenvalue weighted by Gasteiger charge is -2.42. The standard InChI is InChI=1S/C16H19FN2O2/c1-10(11-4-3-5-13(17)8-11)19-9-14(20)18-16(2,15(19)21)12-6-7-12/h3-5,8,10,12H,6-7,9H2,1-2H3,(H,18,20). The molecule has 1 saturated heterocycles. The van der Waals surface area contributed by atoms with Crippen LogP contribution in [0.5, 0.6) is 0 Å². The third-order valence-electron chi connectivity index (χ3n) is 4.61. The summed E-state index contributed by atoms with van der Waals surface area (Å²) in [6, 6.07) is 5.86. The Kier molecular flexibility index (Phi) is 3.23. The average molecular weight is 290 g/mol. The Morgan fingerprint density at radius 2 is 2.10 bits per heavy atom. The number of carbonyl (C=O) groups is 2. The van der Waals surface area contributed by atoms with Gasteiger partial charge in [-0.05, 0) is 50.3 Å². The fourth-order valence-electron chi connectivity index (χ4n) is 3.10. The summed E-state index contributed by atoms with van der Waals surface area (Å²) in [6.07, 6.45) is 1.93. The van der Waals surface area contributed by atoms with Crippen molar-refractivity contribution >= 4 is 11.8 Å². The molecule has 2 fully saturated rings. The molecule has 2 aliphatic rings. The van der Waals surface area contributed by atoms with Crippen molar-refractivity contribution in [1.82, 2.24) is 10.2 Å². The van der Waals surface area contributed by atoms with E-state index in [2.05, 4.69) is 5.32 Å². The van der Waals surface area contributed by atoms with E-state index in [1.807, 2.05) is 6.92 Å². The first-order valence-corrected chi connectivity index (χ1v) is 7.29. The molecule has 2 amide bonds. The highest BCUT2D eigenvalue weighted by Gasteiger charge is 2.53. The summed E-state index contributed by atoms with van der Waals surface area (Å²) in [5, 5.41) is 2.85. The van der Waals surface area contributed by atoms with Crippen LogP contribution in [0.25, 0.3) is 0 Å². The largest absolute Gasteiger partial charge is 0.340 e. The van der Waals surface area contributed by atoms with E-state index in [4.69, 9.17) is 0 Å². The van der Waals surface area contributed by atoms with Crippen LogP contribution >= 0.6 is 0 Å². The minimum absolute atomic E-state index is 0.0266. The Hall–Kier alpha value is -1.91. The van der Waals surface area contributed by atoms with Gasteiger partial charge in [-0.3, -0.25) is 9.59 Å². The number of rotatable bonds is 3. The van der Waals surface area contributed by atoms with Crippen molar-refractivity contribution in [3.63, 3.8) is 0 Å². The Morgan fingerprint density at radius 3 is 2.71 bits per heavy atom. The molecule has 0 bridgehead atoms. The highest BCUT2D eigenvalue weighted by molar-refractivity contribution is 5.98. The number of benzene rings is 1. The van der Waals surface area contributed by atoms with E-state index in [1.165, 1.54) is 12.1 Å². The van der Waals surface area contributed by atoms with Gasteiger partial charge in [0, 0.05) is 0 Å². The summed E-state index contributed by atoms with van der Waals surface area (Å²) in [6.45, 7) is 3.66. The smallest absolute Gasteiger partial charge is 0.249 e. The van der Waals surface area contributed by atoms with Crippen molar-refractivity contribution in [2.24, 2.45) is 5.92 Å². The number of amides is 2. The SMILES string of the molecule is CC(c1cccc(F)c1)N1CC(=O)NC(C)(C2CC2)C1=O. The molecule has 1 aromatic rings. The molecule has 1 saturated carbocycles. The minimum Gasteiger partial charge on any atom is -0.340 e. The zero-order chi connectivity index (χ0) is 15.2. The summed E-state index contributed by atoms with van der Waals surface area (Å²) < 4.78 is 13.4. The van der Waals surface area contributed by atoms with E-state index >= 15 is 0 Å². The Labute approximate surface area is 123 Å². The molecule has 1 aliphatic carbocycles. The fraction of sp³-hybridized carbons (Fsp3) is 0.500. The number of carbonyl (C=O) groups excluding carboxylic acids is 2.